The average Bonchev–Trinajstić information content (AvgIpc) is 3.22. The number of hydrogen-bond donors (Lipinski definition) is 1. The highest BCUT2D eigenvalue weighted by atomic mass is 19.4. The zero-order valence-corrected chi connectivity index (χ0v) is 16.3. The second-order valence-electron chi connectivity index (χ2n) is 6.54. The molecule has 1 aromatic heterocycles. The lowest BCUT2D eigenvalue weighted by molar-refractivity contribution is -0.138. The number of hydrogen-bond acceptors (Lipinski definition) is 5. The quantitative estimate of drug-likeness (QED) is 0.375. The zero-order chi connectivity index (χ0) is 21.6. The van der Waals surface area contributed by atoms with Crippen LogP contribution in [0, 0.1) is 0 Å². The topological polar surface area (TPSA) is 60.2 Å². The molecule has 1 heterocycles. The lowest BCUT2D eigenvalue weighted by Gasteiger charge is -2.13. The predicted octanol–water partition coefficient (Wildman–Crippen LogP) is 5.27. The summed E-state index contributed by atoms with van der Waals surface area (Å²) in [6.45, 7) is 2.40. The molecule has 0 fully saturated rings. The van der Waals surface area contributed by atoms with Crippen molar-refractivity contribution in [1.82, 2.24) is 15.5 Å². The van der Waals surface area contributed by atoms with Crippen molar-refractivity contribution >= 4 is 0 Å². The third kappa shape index (κ3) is 5.35. The first-order valence-electron chi connectivity index (χ1n) is 9.46. The van der Waals surface area contributed by atoms with E-state index in [-0.39, 0.29) is 17.3 Å². The smallest absolute Gasteiger partial charge is 0.419 e. The van der Waals surface area contributed by atoms with E-state index in [2.05, 4.69) is 22.4 Å². The maximum Gasteiger partial charge on any atom is 0.419 e. The van der Waals surface area contributed by atoms with Crippen molar-refractivity contribution in [3.63, 3.8) is 0 Å². The van der Waals surface area contributed by atoms with Gasteiger partial charge in [-0.3, -0.25) is 0 Å². The number of nitrogens with zero attached hydrogens (tertiary/aromatic N) is 2. The molecule has 30 heavy (non-hydrogen) atoms. The van der Waals surface area contributed by atoms with E-state index in [1.165, 1.54) is 6.07 Å². The highest BCUT2D eigenvalue weighted by Crippen LogP contribution is 2.38. The molecule has 1 N–H and O–H groups in total. The van der Waals surface area contributed by atoms with Gasteiger partial charge in [-0.2, -0.15) is 18.2 Å². The van der Waals surface area contributed by atoms with Crippen LogP contribution in [0.1, 0.15) is 24.5 Å². The maximum atomic E-state index is 13.3. The van der Waals surface area contributed by atoms with Crippen LogP contribution in [-0.4, -0.2) is 30.0 Å². The molecule has 0 bridgehead atoms. The van der Waals surface area contributed by atoms with Gasteiger partial charge in [-0.1, -0.05) is 36.3 Å². The monoisotopic (exact) mass is 423 g/mol. The molecule has 2 aromatic carbocycles. The lowest BCUT2D eigenvalue weighted by Crippen LogP contribution is -2.13. The number of halogens is 4. The molecule has 0 amide bonds. The molecule has 3 rings (SSSR count). The van der Waals surface area contributed by atoms with Gasteiger partial charge in [0, 0.05) is 17.7 Å². The number of rotatable bonds is 9. The summed E-state index contributed by atoms with van der Waals surface area (Å²) in [7, 11) is 0. The number of alkyl halides is 4. The fourth-order valence-corrected chi connectivity index (χ4v) is 2.80. The first-order valence-corrected chi connectivity index (χ1v) is 9.46. The van der Waals surface area contributed by atoms with Crippen molar-refractivity contribution in [3.8, 4) is 28.6 Å². The molecule has 0 saturated carbocycles. The van der Waals surface area contributed by atoms with Gasteiger partial charge in [0.25, 0.3) is 5.89 Å². The normalized spacial score (nSPS) is 11.6. The summed E-state index contributed by atoms with van der Waals surface area (Å²) in [6, 6.07) is 10.8. The Bertz CT molecular complexity index is 956. The Morgan fingerprint density at radius 2 is 1.80 bits per heavy atom. The minimum Gasteiger partial charge on any atom is -0.490 e. The van der Waals surface area contributed by atoms with Crippen LogP contribution in [0.3, 0.4) is 0 Å². The van der Waals surface area contributed by atoms with E-state index in [9.17, 15) is 17.6 Å². The Kier molecular flexibility index (Phi) is 7.04. The second kappa shape index (κ2) is 9.71. The highest BCUT2D eigenvalue weighted by Gasteiger charge is 2.35. The highest BCUT2D eigenvalue weighted by molar-refractivity contribution is 5.62. The summed E-state index contributed by atoms with van der Waals surface area (Å²) < 4.78 is 62.3. The third-order valence-electron chi connectivity index (χ3n) is 4.26. The minimum absolute atomic E-state index is 0.0544. The van der Waals surface area contributed by atoms with Crippen molar-refractivity contribution in [2.24, 2.45) is 0 Å². The van der Waals surface area contributed by atoms with Gasteiger partial charge < -0.3 is 14.6 Å². The summed E-state index contributed by atoms with van der Waals surface area (Å²) >= 11 is 0. The first kappa shape index (κ1) is 21.8. The van der Waals surface area contributed by atoms with E-state index < -0.39 is 30.8 Å². The van der Waals surface area contributed by atoms with Crippen molar-refractivity contribution in [1.29, 1.82) is 0 Å². The van der Waals surface area contributed by atoms with E-state index in [0.717, 1.165) is 37.2 Å². The molecule has 0 saturated heterocycles. The van der Waals surface area contributed by atoms with Gasteiger partial charge in [0.15, 0.2) is 0 Å². The maximum absolute atomic E-state index is 13.3. The van der Waals surface area contributed by atoms with Crippen LogP contribution in [-0.2, 0) is 12.7 Å². The number of ether oxygens (including phenoxy) is 1. The van der Waals surface area contributed by atoms with Crippen LogP contribution in [0.5, 0.6) is 5.75 Å². The molecule has 0 aliphatic carbocycles. The van der Waals surface area contributed by atoms with Crippen LogP contribution in [0.15, 0.2) is 47.0 Å². The first-order chi connectivity index (χ1) is 14.4. The Balaban J connectivity index is 1.81. The molecule has 0 spiro atoms. The third-order valence-corrected chi connectivity index (χ3v) is 4.26. The molecule has 0 unspecified atom stereocenters. The van der Waals surface area contributed by atoms with Gasteiger partial charge in [0.1, 0.15) is 19.0 Å². The molecule has 0 aliphatic heterocycles. The summed E-state index contributed by atoms with van der Waals surface area (Å²) in [6.07, 6.45) is -3.63. The van der Waals surface area contributed by atoms with Crippen LogP contribution >= 0.6 is 0 Å². The van der Waals surface area contributed by atoms with Crippen LogP contribution in [0.25, 0.3) is 22.8 Å². The lowest BCUT2D eigenvalue weighted by atomic mass is 10.1. The number of benzene rings is 2. The van der Waals surface area contributed by atoms with E-state index in [1.54, 1.807) is 0 Å². The molecule has 5 nitrogen and oxygen atoms in total. The Labute approximate surface area is 171 Å². The molecule has 0 aliphatic rings. The fraction of sp³-hybridized carbons (Fsp3) is 0.333. The van der Waals surface area contributed by atoms with Crippen molar-refractivity contribution in [2.75, 3.05) is 19.8 Å². The molecule has 0 radical (unpaired) electrons. The van der Waals surface area contributed by atoms with Crippen molar-refractivity contribution < 1.29 is 26.8 Å². The van der Waals surface area contributed by atoms with E-state index in [0.29, 0.717) is 5.56 Å². The van der Waals surface area contributed by atoms with Crippen LogP contribution in [0.4, 0.5) is 17.6 Å². The van der Waals surface area contributed by atoms with Crippen molar-refractivity contribution in [3.05, 3.63) is 53.6 Å². The van der Waals surface area contributed by atoms with E-state index in [4.69, 9.17) is 9.26 Å². The molecular formula is C21H21F4N3O2. The van der Waals surface area contributed by atoms with Gasteiger partial charge in [-0.25, -0.2) is 4.39 Å². The van der Waals surface area contributed by atoms with Gasteiger partial charge >= 0.3 is 6.18 Å². The standard InChI is InChI=1S/C21H21F4N3O2/c1-2-10-26-13-14-3-5-15(6-4-14)19-27-20(30-28-19)16-7-8-18(29-11-9-22)17(12-16)21(23,24)25/h3-8,12,26H,2,9-11,13H2,1H3. The minimum atomic E-state index is -4.67. The Morgan fingerprint density at radius 3 is 2.47 bits per heavy atom. The second-order valence-corrected chi connectivity index (χ2v) is 6.54. The summed E-state index contributed by atoms with van der Waals surface area (Å²) in [5, 5.41) is 7.17. The largest absolute Gasteiger partial charge is 0.490 e. The zero-order valence-electron chi connectivity index (χ0n) is 16.3. The summed E-state index contributed by atoms with van der Waals surface area (Å²) in [5.41, 5.74) is 0.837. The molecule has 3 aromatic rings. The summed E-state index contributed by atoms with van der Waals surface area (Å²) in [4.78, 5) is 4.21. The number of aromatic nitrogens is 2. The van der Waals surface area contributed by atoms with E-state index >= 15 is 0 Å². The molecular weight excluding hydrogens is 402 g/mol. The Hall–Kier alpha value is -2.94. The summed E-state index contributed by atoms with van der Waals surface area (Å²) in [5.74, 6) is -0.235. The molecule has 0 atom stereocenters. The Morgan fingerprint density at radius 1 is 1.07 bits per heavy atom. The SMILES string of the molecule is CCCNCc1ccc(-c2noc(-c3ccc(OCCF)c(C(F)(F)F)c3)n2)cc1. The average molecular weight is 423 g/mol. The van der Waals surface area contributed by atoms with Gasteiger partial charge in [-0.05, 0) is 36.7 Å². The molecule has 160 valence electrons. The van der Waals surface area contributed by atoms with Gasteiger partial charge in [0.05, 0.1) is 5.56 Å². The van der Waals surface area contributed by atoms with E-state index in [1.807, 2.05) is 24.3 Å². The van der Waals surface area contributed by atoms with Gasteiger partial charge in [0.2, 0.25) is 5.82 Å². The fourth-order valence-electron chi connectivity index (χ4n) is 2.80. The van der Waals surface area contributed by atoms with Crippen LogP contribution < -0.4 is 10.1 Å². The molecule has 9 heteroatoms. The number of nitrogens with one attached hydrogen (secondary N) is 1. The van der Waals surface area contributed by atoms with Crippen molar-refractivity contribution in [2.45, 2.75) is 26.1 Å². The predicted molar refractivity (Wildman–Crippen MR) is 104 cm³/mol. The van der Waals surface area contributed by atoms with Gasteiger partial charge in [-0.15, -0.1) is 0 Å². The van der Waals surface area contributed by atoms with Crippen LogP contribution in [0.2, 0.25) is 0 Å².